The van der Waals surface area contributed by atoms with Gasteiger partial charge in [-0.3, -0.25) is 4.79 Å². The second kappa shape index (κ2) is 6.16. The van der Waals surface area contributed by atoms with Crippen LogP contribution in [-0.2, 0) is 22.7 Å². The number of nitrogens with one attached hydrogen (secondary N) is 1. The monoisotopic (exact) mass is 208 g/mol. The predicted octanol–water partition coefficient (Wildman–Crippen LogP) is 0.408. The highest BCUT2D eigenvalue weighted by molar-refractivity contribution is 5.75. The van der Waals surface area contributed by atoms with Gasteiger partial charge in [0.15, 0.2) is 0 Å². The number of amides is 1. The van der Waals surface area contributed by atoms with Gasteiger partial charge < -0.3 is 15.8 Å². The summed E-state index contributed by atoms with van der Waals surface area (Å²) in [6.45, 7) is 1.48. The van der Waals surface area contributed by atoms with Crippen molar-refractivity contribution < 1.29 is 9.53 Å². The van der Waals surface area contributed by atoms with E-state index in [9.17, 15) is 4.79 Å². The van der Waals surface area contributed by atoms with E-state index in [0.717, 1.165) is 11.1 Å². The topological polar surface area (TPSA) is 64.3 Å². The van der Waals surface area contributed by atoms with Crippen molar-refractivity contribution in [1.82, 2.24) is 5.32 Å². The van der Waals surface area contributed by atoms with Gasteiger partial charge >= 0.3 is 0 Å². The normalized spacial score (nSPS) is 10.2. The van der Waals surface area contributed by atoms with Crippen molar-refractivity contribution >= 4 is 5.91 Å². The van der Waals surface area contributed by atoms with Gasteiger partial charge in [0.1, 0.15) is 0 Å². The van der Waals surface area contributed by atoms with Crippen LogP contribution < -0.4 is 11.1 Å². The van der Waals surface area contributed by atoms with Crippen LogP contribution in [0.15, 0.2) is 24.3 Å². The van der Waals surface area contributed by atoms with Gasteiger partial charge in [0.2, 0.25) is 5.91 Å². The van der Waals surface area contributed by atoms with Crippen LogP contribution >= 0.6 is 0 Å². The Morgan fingerprint density at radius 3 is 2.47 bits per heavy atom. The maximum atomic E-state index is 10.5. The minimum atomic E-state index is -0.342. The minimum absolute atomic E-state index is 0.208. The molecule has 1 aromatic carbocycles. The van der Waals surface area contributed by atoms with Gasteiger partial charge in [0.25, 0.3) is 0 Å². The molecule has 0 fully saturated rings. The van der Waals surface area contributed by atoms with E-state index in [0.29, 0.717) is 13.2 Å². The number of benzene rings is 1. The van der Waals surface area contributed by atoms with E-state index < -0.39 is 0 Å². The van der Waals surface area contributed by atoms with Crippen LogP contribution in [0.3, 0.4) is 0 Å². The van der Waals surface area contributed by atoms with Crippen molar-refractivity contribution in [3.8, 4) is 0 Å². The molecule has 0 spiro atoms. The Morgan fingerprint density at radius 2 is 1.93 bits per heavy atom. The third-order valence-electron chi connectivity index (χ3n) is 1.96. The molecule has 0 unspecified atom stereocenters. The number of nitrogens with two attached hydrogens (primary N) is 1. The predicted molar refractivity (Wildman–Crippen MR) is 58.1 cm³/mol. The van der Waals surface area contributed by atoms with Gasteiger partial charge in [0.05, 0.1) is 13.2 Å². The largest absolute Gasteiger partial charge is 0.380 e. The van der Waals surface area contributed by atoms with Crippen LogP contribution in [0, 0.1) is 0 Å². The second-order valence-electron chi connectivity index (χ2n) is 3.32. The first-order chi connectivity index (χ1) is 7.22. The van der Waals surface area contributed by atoms with E-state index in [4.69, 9.17) is 10.5 Å². The van der Waals surface area contributed by atoms with Crippen LogP contribution in [0.25, 0.3) is 0 Å². The molecular weight excluding hydrogens is 192 g/mol. The molecule has 1 amide bonds. The minimum Gasteiger partial charge on any atom is -0.380 e. The second-order valence-corrected chi connectivity index (χ2v) is 3.32. The summed E-state index contributed by atoms with van der Waals surface area (Å²) in [5.41, 5.74) is 7.26. The molecule has 0 aromatic heterocycles. The number of carbonyl (C=O) groups is 1. The molecule has 82 valence electrons. The molecular formula is C11H16N2O2. The van der Waals surface area contributed by atoms with Crippen molar-refractivity contribution in [1.29, 1.82) is 0 Å². The lowest BCUT2D eigenvalue weighted by Gasteiger charge is -2.04. The van der Waals surface area contributed by atoms with Crippen LogP contribution in [0.4, 0.5) is 0 Å². The Morgan fingerprint density at radius 1 is 1.33 bits per heavy atom. The average molecular weight is 208 g/mol. The summed E-state index contributed by atoms with van der Waals surface area (Å²) in [6.07, 6.45) is 0. The van der Waals surface area contributed by atoms with Crippen molar-refractivity contribution in [3.63, 3.8) is 0 Å². The van der Waals surface area contributed by atoms with Crippen molar-refractivity contribution in [2.24, 2.45) is 5.73 Å². The lowest BCUT2D eigenvalue weighted by atomic mass is 10.1. The van der Waals surface area contributed by atoms with Gasteiger partial charge in [0, 0.05) is 13.7 Å². The summed E-state index contributed by atoms with van der Waals surface area (Å²) in [7, 11) is 1.67. The number of methoxy groups -OCH3 is 1. The molecule has 0 aliphatic carbocycles. The third-order valence-corrected chi connectivity index (χ3v) is 1.96. The smallest absolute Gasteiger partial charge is 0.231 e. The van der Waals surface area contributed by atoms with E-state index in [1.165, 1.54) is 0 Å². The Bertz CT molecular complexity index is 309. The molecule has 0 aliphatic rings. The number of primary amides is 1. The van der Waals surface area contributed by atoms with Crippen molar-refractivity contribution in [2.45, 2.75) is 13.2 Å². The fourth-order valence-corrected chi connectivity index (χ4v) is 1.25. The zero-order valence-electron chi connectivity index (χ0n) is 8.82. The fraction of sp³-hybridized carbons (Fsp3) is 0.364. The summed E-state index contributed by atoms with van der Waals surface area (Å²) < 4.78 is 5.00. The van der Waals surface area contributed by atoms with E-state index >= 15 is 0 Å². The number of carbonyl (C=O) groups excluding carboxylic acids is 1. The van der Waals surface area contributed by atoms with Crippen molar-refractivity contribution in [2.75, 3.05) is 13.7 Å². The van der Waals surface area contributed by atoms with Gasteiger partial charge in [-0.05, 0) is 11.1 Å². The van der Waals surface area contributed by atoms with Crippen LogP contribution in [0.5, 0.6) is 0 Å². The molecule has 0 saturated carbocycles. The van der Waals surface area contributed by atoms with Gasteiger partial charge in [-0.25, -0.2) is 0 Å². The standard InChI is InChI=1S/C11H16N2O2/c1-15-8-10-4-2-9(3-5-10)6-13-7-11(12)14/h2-5,13H,6-8H2,1H3,(H2,12,14). The van der Waals surface area contributed by atoms with E-state index in [1.807, 2.05) is 24.3 Å². The molecule has 0 radical (unpaired) electrons. The summed E-state index contributed by atoms with van der Waals surface area (Å²) >= 11 is 0. The maximum absolute atomic E-state index is 10.5. The molecule has 0 saturated heterocycles. The number of hydrogen-bond acceptors (Lipinski definition) is 3. The van der Waals surface area contributed by atoms with Crippen LogP contribution in [0.2, 0.25) is 0 Å². The SMILES string of the molecule is COCc1ccc(CNCC(N)=O)cc1. The quantitative estimate of drug-likeness (QED) is 0.711. The Balaban J connectivity index is 2.39. The first-order valence-corrected chi connectivity index (χ1v) is 4.78. The van der Waals surface area contributed by atoms with E-state index in [1.54, 1.807) is 7.11 Å². The summed E-state index contributed by atoms with van der Waals surface area (Å²) in [4.78, 5) is 10.5. The molecule has 1 rings (SSSR count). The number of rotatable bonds is 6. The molecule has 0 atom stereocenters. The first-order valence-electron chi connectivity index (χ1n) is 4.78. The summed E-state index contributed by atoms with van der Waals surface area (Å²) in [5.74, 6) is -0.342. The molecule has 4 nitrogen and oxygen atoms in total. The highest BCUT2D eigenvalue weighted by Gasteiger charge is 1.96. The van der Waals surface area contributed by atoms with Crippen LogP contribution in [0.1, 0.15) is 11.1 Å². The zero-order valence-corrected chi connectivity index (χ0v) is 8.82. The highest BCUT2D eigenvalue weighted by Crippen LogP contribution is 2.04. The number of ether oxygens (including phenoxy) is 1. The molecule has 0 aliphatic heterocycles. The Labute approximate surface area is 89.4 Å². The molecule has 3 N–H and O–H groups in total. The average Bonchev–Trinajstić information content (AvgIpc) is 2.20. The first kappa shape index (κ1) is 11.7. The molecule has 4 heteroatoms. The van der Waals surface area contributed by atoms with E-state index in [2.05, 4.69) is 5.32 Å². The summed E-state index contributed by atoms with van der Waals surface area (Å²) in [6, 6.07) is 8.01. The molecule has 0 bridgehead atoms. The highest BCUT2D eigenvalue weighted by atomic mass is 16.5. The van der Waals surface area contributed by atoms with E-state index in [-0.39, 0.29) is 12.5 Å². The molecule has 0 heterocycles. The zero-order chi connectivity index (χ0) is 11.1. The fourth-order valence-electron chi connectivity index (χ4n) is 1.25. The lowest BCUT2D eigenvalue weighted by molar-refractivity contribution is -0.117. The summed E-state index contributed by atoms with van der Waals surface area (Å²) in [5, 5.41) is 2.95. The number of hydrogen-bond donors (Lipinski definition) is 2. The molecule has 1 aromatic rings. The Kier molecular flexibility index (Phi) is 4.80. The lowest BCUT2D eigenvalue weighted by Crippen LogP contribution is -2.28. The van der Waals surface area contributed by atoms with Gasteiger partial charge in [-0.15, -0.1) is 0 Å². The third kappa shape index (κ3) is 4.58. The molecule has 15 heavy (non-hydrogen) atoms. The van der Waals surface area contributed by atoms with Gasteiger partial charge in [-0.2, -0.15) is 0 Å². The van der Waals surface area contributed by atoms with Crippen LogP contribution in [-0.4, -0.2) is 19.6 Å². The maximum Gasteiger partial charge on any atom is 0.231 e. The Hall–Kier alpha value is -1.39. The van der Waals surface area contributed by atoms with Gasteiger partial charge in [-0.1, -0.05) is 24.3 Å². The van der Waals surface area contributed by atoms with Crippen molar-refractivity contribution in [3.05, 3.63) is 35.4 Å².